The van der Waals surface area contributed by atoms with Gasteiger partial charge in [0.05, 0.1) is 19.4 Å². The zero-order chi connectivity index (χ0) is 18.1. The summed E-state index contributed by atoms with van der Waals surface area (Å²) < 4.78 is 6.84. The van der Waals surface area contributed by atoms with Gasteiger partial charge in [0, 0.05) is 19.5 Å². The number of imidazole rings is 1. The van der Waals surface area contributed by atoms with Crippen molar-refractivity contribution in [3.63, 3.8) is 0 Å². The van der Waals surface area contributed by atoms with Crippen LogP contribution < -0.4 is 11.1 Å². The molecule has 0 saturated heterocycles. The Hall–Kier alpha value is -2.71. The topological polar surface area (TPSA) is 125 Å². The van der Waals surface area contributed by atoms with E-state index in [1.165, 1.54) is 6.33 Å². The van der Waals surface area contributed by atoms with Crippen LogP contribution in [0.15, 0.2) is 12.7 Å². The molecule has 2 rings (SSSR count). The minimum absolute atomic E-state index is 0.0645. The Balaban J connectivity index is 1.63. The van der Waals surface area contributed by atoms with Gasteiger partial charge < -0.3 is 20.4 Å². The zero-order valence-electron chi connectivity index (χ0n) is 14.4. The number of nitrogen functional groups attached to an aromatic ring is 1. The van der Waals surface area contributed by atoms with Gasteiger partial charge in [-0.2, -0.15) is 0 Å². The number of carbonyl (C=O) groups is 2. The van der Waals surface area contributed by atoms with Crippen LogP contribution in [0.25, 0.3) is 11.2 Å². The van der Waals surface area contributed by atoms with E-state index in [1.54, 1.807) is 6.33 Å². The highest BCUT2D eigenvalue weighted by Gasteiger charge is 2.08. The number of carbonyl (C=O) groups excluding carboxylic acids is 2. The second-order valence-electron chi connectivity index (χ2n) is 5.65. The molecule has 2 aromatic rings. The molecule has 0 aliphatic carbocycles. The maximum atomic E-state index is 11.7. The fourth-order valence-electron chi connectivity index (χ4n) is 2.31. The molecule has 0 aliphatic rings. The number of nitrogens with two attached hydrogens (primary N) is 1. The highest BCUT2D eigenvalue weighted by atomic mass is 16.5. The predicted molar refractivity (Wildman–Crippen MR) is 92.5 cm³/mol. The number of aromatic nitrogens is 4. The first kappa shape index (κ1) is 18.6. The van der Waals surface area contributed by atoms with Crippen LogP contribution in [-0.2, 0) is 20.9 Å². The smallest absolute Gasteiger partial charge is 0.307 e. The van der Waals surface area contributed by atoms with E-state index in [2.05, 4.69) is 20.3 Å². The van der Waals surface area contributed by atoms with Crippen molar-refractivity contribution in [1.82, 2.24) is 24.8 Å². The second-order valence-corrected chi connectivity index (χ2v) is 5.65. The van der Waals surface area contributed by atoms with Crippen molar-refractivity contribution in [1.29, 1.82) is 0 Å². The fraction of sp³-hybridized carbons (Fsp3) is 0.562. The second kappa shape index (κ2) is 9.55. The highest BCUT2D eigenvalue weighted by Crippen LogP contribution is 2.14. The lowest BCUT2D eigenvalue weighted by Crippen LogP contribution is -2.26. The third-order valence-corrected chi connectivity index (χ3v) is 3.60. The summed E-state index contributed by atoms with van der Waals surface area (Å²) in [6.45, 7) is 3.36. The van der Waals surface area contributed by atoms with Crippen LogP contribution in [0.1, 0.15) is 39.0 Å². The van der Waals surface area contributed by atoms with Crippen LogP contribution >= 0.6 is 0 Å². The van der Waals surface area contributed by atoms with Crippen molar-refractivity contribution in [2.75, 3.05) is 18.9 Å². The van der Waals surface area contributed by atoms with Crippen molar-refractivity contribution in [2.45, 2.75) is 45.6 Å². The first-order chi connectivity index (χ1) is 12.1. The van der Waals surface area contributed by atoms with Gasteiger partial charge in [-0.3, -0.25) is 9.59 Å². The Morgan fingerprint density at radius 3 is 2.88 bits per heavy atom. The quantitative estimate of drug-likeness (QED) is 0.485. The Bertz CT molecular complexity index is 715. The molecule has 0 spiro atoms. The molecular formula is C16H24N6O3. The van der Waals surface area contributed by atoms with E-state index >= 15 is 0 Å². The largest absolute Gasteiger partial charge is 0.466 e. The summed E-state index contributed by atoms with van der Waals surface area (Å²) in [6, 6.07) is 0. The fourth-order valence-corrected chi connectivity index (χ4v) is 2.31. The molecule has 0 unspecified atom stereocenters. The highest BCUT2D eigenvalue weighted by molar-refractivity contribution is 5.81. The summed E-state index contributed by atoms with van der Waals surface area (Å²) in [7, 11) is 0. The van der Waals surface area contributed by atoms with E-state index in [9.17, 15) is 9.59 Å². The molecular weight excluding hydrogens is 324 g/mol. The van der Waals surface area contributed by atoms with Crippen molar-refractivity contribution in [3.05, 3.63) is 12.7 Å². The van der Waals surface area contributed by atoms with Gasteiger partial charge in [0.1, 0.15) is 11.8 Å². The summed E-state index contributed by atoms with van der Waals surface area (Å²) in [5.74, 6) is 0.0151. The van der Waals surface area contributed by atoms with E-state index in [0.717, 1.165) is 19.3 Å². The molecule has 2 aromatic heterocycles. The first-order valence-corrected chi connectivity index (χ1v) is 8.45. The van der Waals surface area contributed by atoms with Crippen LogP contribution in [0, 0.1) is 0 Å². The van der Waals surface area contributed by atoms with Gasteiger partial charge in [-0.15, -0.1) is 0 Å². The third kappa shape index (κ3) is 5.70. The molecule has 0 saturated carbocycles. The molecule has 9 nitrogen and oxygen atoms in total. The van der Waals surface area contributed by atoms with E-state index in [4.69, 9.17) is 10.5 Å². The lowest BCUT2D eigenvalue weighted by Gasteiger charge is -2.06. The number of ether oxygens (including phenoxy) is 1. The number of nitrogens with zero attached hydrogens (tertiary/aromatic N) is 4. The van der Waals surface area contributed by atoms with Gasteiger partial charge in [0.2, 0.25) is 5.91 Å². The maximum absolute atomic E-state index is 11.7. The number of anilines is 1. The minimum Gasteiger partial charge on any atom is -0.466 e. The number of hydrogen-bond acceptors (Lipinski definition) is 7. The molecule has 136 valence electrons. The first-order valence-electron chi connectivity index (χ1n) is 8.45. The van der Waals surface area contributed by atoms with Crippen LogP contribution in [0.4, 0.5) is 5.82 Å². The summed E-state index contributed by atoms with van der Waals surface area (Å²) in [5.41, 5.74) is 7.04. The van der Waals surface area contributed by atoms with Gasteiger partial charge in [-0.25, -0.2) is 15.0 Å². The molecule has 2 heterocycles. The van der Waals surface area contributed by atoms with Gasteiger partial charge in [-0.05, 0) is 19.3 Å². The van der Waals surface area contributed by atoms with Crippen LogP contribution in [-0.4, -0.2) is 44.5 Å². The van der Waals surface area contributed by atoms with Crippen molar-refractivity contribution < 1.29 is 14.3 Å². The third-order valence-electron chi connectivity index (χ3n) is 3.60. The summed E-state index contributed by atoms with van der Waals surface area (Å²) in [4.78, 5) is 35.3. The number of nitrogens with one attached hydrogen (secondary N) is 1. The average molecular weight is 348 g/mol. The number of rotatable bonds is 10. The molecule has 0 radical (unpaired) electrons. The number of unbranched alkanes of at least 4 members (excludes halogenated alkanes) is 1. The Kier molecular flexibility index (Phi) is 7.12. The van der Waals surface area contributed by atoms with Crippen molar-refractivity contribution in [3.8, 4) is 0 Å². The maximum Gasteiger partial charge on any atom is 0.307 e. The van der Waals surface area contributed by atoms with Crippen LogP contribution in [0.3, 0.4) is 0 Å². The lowest BCUT2D eigenvalue weighted by molar-refractivity contribution is -0.143. The zero-order valence-corrected chi connectivity index (χ0v) is 14.4. The normalized spacial score (nSPS) is 10.8. The molecule has 0 atom stereocenters. The van der Waals surface area contributed by atoms with E-state index in [1.807, 2.05) is 11.5 Å². The van der Waals surface area contributed by atoms with Gasteiger partial charge in [0.25, 0.3) is 0 Å². The molecule has 0 bridgehead atoms. The number of amides is 1. The van der Waals surface area contributed by atoms with Gasteiger partial charge in [0.15, 0.2) is 11.5 Å². The van der Waals surface area contributed by atoms with Crippen LogP contribution in [0.5, 0.6) is 0 Å². The monoisotopic (exact) mass is 348 g/mol. The average Bonchev–Trinajstić information content (AvgIpc) is 3.01. The van der Waals surface area contributed by atoms with E-state index < -0.39 is 0 Å². The van der Waals surface area contributed by atoms with Crippen molar-refractivity contribution in [2.24, 2.45) is 0 Å². The Morgan fingerprint density at radius 1 is 1.24 bits per heavy atom. The summed E-state index contributed by atoms with van der Waals surface area (Å²) in [5, 5.41) is 2.72. The predicted octanol–water partition coefficient (Wildman–Crippen LogP) is 1.04. The molecule has 1 amide bonds. The molecule has 0 fully saturated rings. The number of fused-ring (bicyclic) bond motifs is 1. The molecule has 0 aliphatic heterocycles. The SMILES string of the molecule is CCCOC(=O)CCNC(=O)CCCCn1cnc2c(N)ncnc21. The number of esters is 1. The van der Waals surface area contributed by atoms with E-state index in [-0.39, 0.29) is 18.3 Å². The van der Waals surface area contributed by atoms with Gasteiger partial charge in [-0.1, -0.05) is 6.92 Å². The lowest BCUT2D eigenvalue weighted by atomic mass is 10.2. The summed E-state index contributed by atoms with van der Waals surface area (Å²) in [6.07, 6.45) is 6.03. The van der Waals surface area contributed by atoms with Crippen molar-refractivity contribution >= 4 is 28.9 Å². The Labute approximate surface area is 146 Å². The van der Waals surface area contributed by atoms with Crippen LogP contribution in [0.2, 0.25) is 0 Å². The molecule has 25 heavy (non-hydrogen) atoms. The summed E-state index contributed by atoms with van der Waals surface area (Å²) >= 11 is 0. The number of hydrogen-bond donors (Lipinski definition) is 2. The standard InChI is InChI=1S/C16H24N6O3/c1-2-9-25-13(24)6-7-18-12(23)5-3-4-8-22-11-21-14-15(17)19-10-20-16(14)22/h10-11H,2-9H2,1H3,(H,18,23)(H2,17,19,20). The molecule has 3 N–H and O–H groups in total. The molecule has 0 aromatic carbocycles. The Morgan fingerprint density at radius 2 is 2.08 bits per heavy atom. The van der Waals surface area contributed by atoms with E-state index in [0.29, 0.717) is 43.1 Å². The number of aryl methyl sites for hydroxylation is 1. The van der Waals surface area contributed by atoms with Gasteiger partial charge >= 0.3 is 5.97 Å². The minimum atomic E-state index is -0.282. The molecule has 9 heteroatoms.